The molecule has 0 atom stereocenters. The van der Waals surface area contributed by atoms with Gasteiger partial charge in [0.2, 0.25) is 0 Å². The van der Waals surface area contributed by atoms with Gasteiger partial charge in [-0.1, -0.05) is 18.2 Å². The molecule has 0 aliphatic carbocycles. The predicted molar refractivity (Wildman–Crippen MR) is 141 cm³/mol. The minimum Gasteiger partial charge on any atom is -0.382 e. The summed E-state index contributed by atoms with van der Waals surface area (Å²) in [6, 6.07) is 10.1. The highest BCUT2D eigenvalue weighted by molar-refractivity contribution is 8.22. The first-order chi connectivity index (χ1) is 17.0. The summed E-state index contributed by atoms with van der Waals surface area (Å²) in [4.78, 5) is 13.7. The van der Waals surface area contributed by atoms with Crippen LogP contribution in [0.3, 0.4) is 0 Å². The van der Waals surface area contributed by atoms with Crippen molar-refractivity contribution >= 4 is 38.5 Å². The average Bonchev–Trinajstić information content (AvgIpc) is 3.40. The number of aryl methyl sites for hydroxylation is 1. The number of rotatable bonds is 9. The summed E-state index contributed by atoms with van der Waals surface area (Å²) in [5.41, 5.74) is 10.9. The normalized spacial score (nSPS) is 16.9. The largest absolute Gasteiger partial charge is 0.382 e. The molecule has 10 heteroatoms. The highest BCUT2D eigenvalue weighted by Crippen LogP contribution is 2.48. The van der Waals surface area contributed by atoms with Gasteiger partial charge >= 0.3 is 0 Å². The standard InChI is InChI=1S/C25H32N6O3S/c1-2-34-17-22-29-23-24(31(22)13-4-3-11-30-12-6-14-35(30,32)33)20-9-8-18(15-21(20)28-25(23)26)19-7-5-10-27-16-19/h5,7-10,15-16,32-33H,2-4,6,11-14,17H2,1H3,(H2,26,28). The Labute approximate surface area is 206 Å². The van der Waals surface area contributed by atoms with Crippen LogP contribution in [0.15, 0.2) is 42.7 Å². The first kappa shape index (κ1) is 24.0. The number of nitrogens with zero attached hydrogens (tertiary/aromatic N) is 5. The third-order valence-electron chi connectivity index (χ3n) is 6.49. The van der Waals surface area contributed by atoms with Crippen LogP contribution in [-0.2, 0) is 17.9 Å². The lowest BCUT2D eigenvalue weighted by atomic mass is 10.0. The molecule has 1 saturated heterocycles. The molecule has 4 N–H and O–H groups in total. The number of pyridine rings is 2. The molecule has 0 radical (unpaired) electrons. The van der Waals surface area contributed by atoms with E-state index in [4.69, 9.17) is 15.5 Å². The first-order valence-corrected chi connectivity index (χ1v) is 13.7. The summed E-state index contributed by atoms with van der Waals surface area (Å²) < 4.78 is 30.1. The van der Waals surface area contributed by atoms with Crippen LogP contribution in [0.5, 0.6) is 0 Å². The SMILES string of the molecule is CCOCc1nc2c(N)nc3cc(-c4cccnc4)ccc3c2n1CCCCN1CCCS1(O)O. The van der Waals surface area contributed by atoms with Gasteiger partial charge in [0, 0.05) is 49.6 Å². The molecule has 0 bridgehead atoms. The molecule has 1 fully saturated rings. The molecule has 0 spiro atoms. The molecule has 4 heterocycles. The van der Waals surface area contributed by atoms with Gasteiger partial charge in [0.15, 0.2) is 5.82 Å². The van der Waals surface area contributed by atoms with Gasteiger partial charge in [0.05, 0.1) is 16.8 Å². The number of nitrogen functional groups attached to an aromatic ring is 1. The molecule has 1 aliphatic rings. The number of hydrogen-bond acceptors (Lipinski definition) is 8. The minimum atomic E-state index is -2.57. The number of unbranched alkanes of at least 4 members (excludes halogenated alkanes) is 1. The fourth-order valence-corrected chi connectivity index (χ4v) is 6.36. The summed E-state index contributed by atoms with van der Waals surface area (Å²) in [5, 5.41) is 0.991. The number of hydrogen-bond donors (Lipinski definition) is 3. The van der Waals surface area contributed by atoms with Crippen molar-refractivity contribution in [1.29, 1.82) is 0 Å². The maximum Gasteiger partial charge on any atom is 0.152 e. The number of imidazole rings is 1. The first-order valence-electron chi connectivity index (χ1n) is 12.1. The van der Waals surface area contributed by atoms with Crippen molar-refractivity contribution in [2.24, 2.45) is 0 Å². The van der Waals surface area contributed by atoms with E-state index in [0.29, 0.717) is 36.8 Å². The molecule has 0 amide bonds. The molecule has 1 aromatic carbocycles. The lowest BCUT2D eigenvalue weighted by Crippen LogP contribution is -2.24. The number of fused-ring (bicyclic) bond motifs is 3. The van der Waals surface area contributed by atoms with Gasteiger partial charge in [-0.25, -0.2) is 14.3 Å². The molecular formula is C25H32N6O3S. The number of anilines is 1. The lowest BCUT2D eigenvalue weighted by Gasteiger charge is -2.36. The Hall–Kier alpha value is -2.76. The lowest BCUT2D eigenvalue weighted by molar-refractivity contribution is 0.126. The summed E-state index contributed by atoms with van der Waals surface area (Å²) in [5.74, 6) is 1.71. The van der Waals surface area contributed by atoms with Crippen LogP contribution < -0.4 is 5.73 Å². The topological polar surface area (TPSA) is 123 Å². The van der Waals surface area contributed by atoms with E-state index in [0.717, 1.165) is 65.7 Å². The van der Waals surface area contributed by atoms with Crippen molar-refractivity contribution in [2.75, 3.05) is 31.2 Å². The second kappa shape index (κ2) is 10.1. The second-order valence-electron chi connectivity index (χ2n) is 8.81. The van der Waals surface area contributed by atoms with Crippen LogP contribution in [0.25, 0.3) is 33.1 Å². The van der Waals surface area contributed by atoms with E-state index in [1.54, 1.807) is 6.20 Å². The van der Waals surface area contributed by atoms with Gasteiger partial charge in [0.25, 0.3) is 0 Å². The zero-order valence-electron chi connectivity index (χ0n) is 19.9. The third-order valence-corrected chi connectivity index (χ3v) is 8.52. The van der Waals surface area contributed by atoms with Gasteiger partial charge < -0.3 is 15.0 Å². The third kappa shape index (κ3) is 4.85. The van der Waals surface area contributed by atoms with Crippen LogP contribution in [0, 0.1) is 0 Å². The van der Waals surface area contributed by atoms with Crippen molar-refractivity contribution in [3.8, 4) is 11.1 Å². The highest BCUT2D eigenvalue weighted by Gasteiger charge is 2.28. The molecule has 0 saturated carbocycles. The molecule has 4 aromatic rings. The molecule has 1 aliphatic heterocycles. The quantitative estimate of drug-likeness (QED) is 0.279. The van der Waals surface area contributed by atoms with Crippen molar-refractivity contribution in [3.63, 3.8) is 0 Å². The molecule has 3 aromatic heterocycles. The Kier molecular flexibility index (Phi) is 6.90. The monoisotopic (exact) mass is 496 g/mol. The van der Waals surface area contributed by atoms with E-state index in [1.165, 1.54) is 0 Å². The Morgan fingerprint density at radius 2 is 1.97 bits per heavy atom. The van der Waals surface area contributed by atoms with Crippen molar-refractivity contribution in [2.45, 2.75) is 39.3 Å². The molecule has 5 rings (SSSR count). The Balaban J connectivity index is 1.48. The number of nitrogens with two attached hydrogens (primary N) is 1. The van der Waals surface area contributed by atoms with E-state index in [9.17, 15) is 9.11 Å². The van der Waals surface area contributed by atoms with Crippen LogP contribution in [0.2, 0.25) is 0 Å². The van der Waals surface area contributed by atoms with Crippen LogP contribution >= 0.6 is 10.8 Å². The molecule has 35 heavy (non-hydrogen) atoms. The van der Waals surface area contributed by atoms with Crippen molar-refractivity contribution < 1.29 is 13.8 Å². The summed E-state index contributed by atoms with van der Waals surface area (Å²) in [6.07, 6.45) is 6.16. The van der Waals surface area contributed by atoms with Gasteiger partial charge in [-0.05, 0) is 43.9 Å². The van der Waals surface area contributed by atoms with Gasteiger partial charge in [-0.15, -0.1) is 10.8 Å². The maximum absolute atomic E-state index is 10.2. The molecule has 186 valence electrons. The van der Waals surface area contributed by atoms with E-state index in [-0.39, 0.29) is 0 Å². The zero-order chi connectivity index (χ0) is 24.4. The zero-order valence-corrected chi connectivity index (χ0v) is 20.7. The van der Waals surface area contributed by atoms with E-state index in [2.05, 4.69) is 26.7 Å². The highest BCUT2D eigenvalue weighted by atomic mass is 32.3. The fourth-order valence-electron chi connectivity index (χ4n) is 4.74. The minimum absolute atomic E-state index is 0.395. The van der Waals surface area contributed by atoms with Crippen LogP contribution in [0.4, 0.5) is 5.82 Å². The molecule has 0 unspecified atom stereocenters. The van der Waals surface area contributed by atoms with E-state index >= 15 is 0 Å². The predicted octanol–water partition coefficient (Wildman–Crippen LogP) is 4.92. The number of aromatic nitrogens is 4. The summed E-state index contributed by atoms with van der Waals surface area (Å²) in [6.45, 7) is 5.11. The van der Waals surface area contributed by atoms with E-state index in [1.807, 2.05) is 35.6 Å². The second-order valence-corrected chi connectivity index (χ2v) is 11.0. The smallest absolute Gasteiger partial charge is 0.152 e. The summed E-state index contributed by atoms with van der Waals surface area (Å²) in [7, 11) is -2.57. The molecular weight excluding hydrogens is 464 g/mol. The Morgan fingerprint density at radius 3 is 2.71 bits per heavy atom. The number of ether oxygens (including phenoxy) is 1. The van der Waals surface area contributed by atoms with Crippen LogP contribution in [-0.4, -0.2) is 58.4 Å². The van der Waals surface area contributed by atoms with Crippen molar-refractivity contribution in [1.82, 2.24) is 23.8 Å². The Bertz CT molecular complexity index is 1330. The van der Waals surface area contributed by atoms with Gasteiger partial charge in [-0.3, -0.25) is 14.1 Å². The van der Waals surface area contributed by atoms with Gasteiger partial charge in [0.1, 0.15) is 17.9 Å². The summed E-state index contributed by atoms with van der Waals surface area (Å²) >= 11 is 0. The maximum atomic E-state index is 10.2. The molecule has 9 nitrogen and oxygen atoms in total. The fraction of sp³-hybridized carbons (Fsp3) is 0.400. The Morgan fingerprint density at radius 1 is 1.11 bits per heavy atom. The van der Waals surface area contributed by atoms with Gasteiger partial charge in [-0.2, -0.15) is 0 Å². The van der Waals surface area contributed by atoms with E-state index < -0.39 is 10.8 Å². The van der Waals surface area contributed by atoms with Crippen LogP contribution in [0.1, 0.15) is 32.0 Å². The average molecular weight is 497 g/mol. The number of benzene rings is 1. The van der Waals surface area contributed by atoms with Crippen molar-refractivity contribution in [3.05, 3.63) is 48.5 Å².